The van der Waals surface area contributed by atoms with Gasteiger partial charge in [0, 0.05) is 32.1 Å². The molecular formula is C16H33N3O. The summed E-state index contributed by atoms with van der Waals surface area (Å²) in [6, 6.07) is 0.398. The third kappa shape index (κ3) is 7.85. The third-order valence-electron chi connectivity index (χ3n) is 3.93. The Kier molecular flexibility index (Phi) is 8.86. The molecule has 1 amide bonds. The minimum Gasteiger partial charge on any atom is -0.353 e. The van der Waals surface area contributed by atoms with Gasteiger partial charge >= 0.3 is 0 Å². The highest BCUT2D eigenvalue weighted by Gasteiger charge is 2.20. The second kappa shape index (κ2) is 10.2. The van der Waals surface area contributed by atoms with Gasteiger partial charge in [-0.1, -0.05) is 26.7 Å². The van der Waals surface area contributed by atoms with Crippen LogP contribution in [0.3, 0.4) is 0 Å². The number of hydrogen-bond acceptors (Lipinski definition) is 3. The maximum Gasteiger partial charge on any atom is 0.220 e. The molecule has 0 aliphatic carbocycles. The number of likely N-dealkylation sites (tertiary alicyclic amines) is 1. The number of nitrogens with one attached hydrogen (secondary N) is 1. The van der Waals surface area contributed by atoms with Gasteiger partial charge in [-0.15, -0.1) is 0 Å². The second-order valence-corrected chi connectivity index (χ2v) is 6.49. The van der Waals surface area contributed by atoms with Crippen molar-refractivity contribution in [2.24, 2.45) is 11.7 Å². The van der Waals surface area contributed by atoms with E-state index in [1.807, 2.05) is 0 Å². The zero-order chi connectivity index (χ0) is 14.8. The fourth-order valence-corrected chi connectivity index (χ4v) is 2.86. The Balaban J connectivity index is 2.06. The van der Waals surface area contributed by atoms with Gasteiger partial charge in [-0.2, -0.15) is 0 Å². The van der Waals surface area contributed by atoms with Crippen LogP contribution in [-0.2, 0) is 4.79 Å². The van der Waals surface area contributed by atoms with E-state index >= 15 is 0 Å². The lowest BCUT2D eigenvalue weighted by molar-refractivity contribution is -0.122. The second-order valence-electron chi connectivity index (χ2n) is 6.49. The molecule has 4 nitrogen and oxygen atoms in total. The van der Waals surface area contributed by atoms with E-state index in [0.29, 0.717) is 12.5 Å². The summed E-state index contributed by atoms with van der Waals surface area (Å²) in [7, 11) is 0. The van der Waals surface area contributed by atoms with E-state index in [2.05, 4.69) is 24.1 Å². The largest absolute Gasteiger partial charge is 0.353 e. The lowest BCUT2D eigenvalue weighted by Crippen LogP contribution is -2.45. The zero-order valence-corrected chi connectivity index (χ0v) is 13.4. The van der Waals surface area contributed by atoms with Crippen molar-refractivity contribution in [3.63, 3.8) is 0 Å². The van der Waals surface area contributed by atoms with Crippen LogP contribution < -0.4 is 11.1 Å². The van der Waals surface area contributed by atoms with Crippen molar-refractivity contribution in [1.29, 1.82) is 0 Å². The minimum atomic E-state index is 0.236. The van der Waals surface area contributed by atoms with Crippen molar-refractivity contribution in [2.75, 3.05) is 26.2 Å². The van der Waals surface area contributed by atoms with Gasteiger partial charge in [-0.3, -0.25) is 4.79 Å². The fourth-order valence-electron chi connectivity index (χ4n) is 2.86. The molecule has 118 valence electrons. The topological polar surface area (TPSA) is 58.4 Å². The van der Waals surface area contributed by atoms with Crippen molar-refractivity contribution in [3.05, 3.63) is 0 Å². The van der Waals surface area contributed by atoms with Gasteiger partial charge in [-0.25, -0.2) is 0 Å². The van der Waals surface area contributed by atoms with Crippen molar-refractivity contribution in [3.8, 4) is 0 Å². The number of unbranched alkanes of at least 4 members (excludes halogenated alkanes) is 3. The predicted octanol–water partition coefficient (Wildman–Crippen LogP) is 2.13. The highest BCUT2D eigenvalue weighted by Crippen LogP contribution is 2.12. The molecule has 1 heterocycles. The lowest BCUT2D eigenvalue weighted by atomic mass is 10.0. The van der Waals surface area contributed by atoms with Crippen molar-refractivity contribution in [1.82, 2.24) is 10.2 Å². The van der Waals surface area contributed by atoms with Gasteiger partial charge in [0.25, 0.3) is 0 Å². The minimum absolute atomic E-state index is 0.236. The van der Waals surface area contributed by atoms with Crippen LogP contribution in [0.2, 0.25) is 0 Å². The summed E-state index contributed by atoms with van der Waals surface area (Å²) in [6.07, 6.45) is 7.23. The SMILES string of the molecule is CC(C)CN1CCC(NC(=O)CCCCCCN)CC1. The Morgan fingerprint density at radius 3 is 2.45 bits per heavy atom. The lowest BCUT2D eigenvalue weighted by Gasteiger charge is -2.33. The van der Waals surface area contributed by atoms with Crippen LogP contribution >= 0.6 is 0 Å². The fraction of sp³-hybridized carbons (Fsp3) is 0.938. The summed E-state index contributed by atoms with van der Waals surface area (Å²) in [4.78, 5) is 14.4. The van der Waals surface area contributed by atoms with Crippen LogP contribution in [0.4, 0.5) is 0 Å². The molecule has 1 fully saturated rings. The predicted molar refractivity (Wildman–Crippen MR) is 84.6 cm³/mol. The third-order valence-corrected chi connectivity index (χ3v) is 3.93. The van der Waals surface area contributed by atoms with Crippen molar-refractivity contribution in [2.45, 2.75) is 64.8 Å². The monoisotopic (exact) mass is 283 g/mol. The first-order valence-corrected chi connectivity index (χ1v) is 8.33. The maximum absolute atomic E-state index is 11.9. The van der Waals surface area contributed by atoms with Crippen LogP contribution in [0.5, 0.6) is 0 Å². The molecule has 1 rings (SSSR count). The number of carbonyl (C=O) groups excluding carboxylic acids is 1. The molecular weight excluding hydrogens is 250 g/mol. The number of piperidine rings is 1. The zero-order valence-electron chi connectivity index (χ0n) is 13.4. The highest BCUT2D eigenvalue weighted by atomic mass is 16.1. The average Bonchev–Trinajstić information content (AvgIpc) is 2.40. The van der Waals surface area contributed by atoms with E-state index in [0.717, 1.165) is 64.1 Å². The van der Waals surface area contributed by atoms with Crippen LogP contribution in [0.15, 0.2) is 0 Å². The molecule has 0 unspecified atom stereocenters. The maximum atomic E-state index is 11.9. The van der Waals surface area contributed by atoms with Gasteiger partial charge in [-0.05, 0) is 38.1 Å². The Bertz CT molecular complexity index is 260. The van der Waals surface area contributed by atoms with Crippen molar-refractivity contribution < 1.29 is 4.79 Å². The molecule has 1 aliphatic rings. The number of carbonyl (C=O) groups is 1. The molecule has 0 aromatic rings. The molecule has 0 bridgehead atoms. The van der Waals surface area contributed by atoms with E-state index in [-0.39, 0.29) is 5.91 Å². The van der Waals surface area contributed by atoms with Crippen molar-refractivity contribution >= 4 is 5.91 Å². The van der Waals surface area contributed by atoms with Crippen LogP contribution in [0.25, 0.3) is 0 Å². The molecule has 1 aliphatic heterocycles. The molecule has 0 atom stereocenters. The molecule has 20 heavy (non-hydrogen) atoms. The number of amides is 1. The average molecular weight is 283 g/mol. The number of rotatable bonds is 9. The summed E-state index contributed by atoms with van der Waals surface area (Å²) in [5, 5.41) is 3.19. The van der Waals surface area contributed by atoms with Gasteiger partial charge in [0.05, 0.1) is 0 Å². The molecule has 0 aromatic heterocycles. The summed E-state index contributed by atoms with van der Waals surface area (Å²) < 4.78 is 0. The number of hydrogen-bond donors (Lipinski definition) is 2. The number of nitrogens with two attached hydrogens (primary N) is 1. The first-order chi connectivity index (χ1) is 9.61. The molecule has 0 radical (unpaired) electrons. The van der Waals surface area contributed by atoms with Gasteiger partial charge in [0.1, 0.15) is 0 Å². The molecule has 0 aromatic carbocycles. The Hall–Kier alpha value is -0.610. The normalized spacial score (nSPS) is 17.6. The van der Waals surface area contributed by atoms with Crippen LogP contribution in [0, 0.1) is 5.92 Å². The molecule has 0 saturated carbocycles. The highest BCUT2D eigenvalue weighted by molar-refractivity contribution is 5.76. The van der Waals surface area contributed by atoms with E-state index in [1.54, 1.807) is 0 Å². The van der Waals surface area contributed by atoms with E-state index in [4.69, 9.17) is 5.73 Å². The Morgan fingerprint density at radius 2 is 1.85 bits per heavy atom. The van der Waals surface area contributed by atoms with Crippen LogP contribution in [0.1, 0.15) is 58.8 Å². The molecule has 0 spiro atoms. The quantitative estimate of drug-likeness (QED) is 0.637. The van der Waals surface area contributed by atoms with E-state index in [1.165, 1.54) is 6.54 Å². The Labute approximate surface area is 124 Å². The van der Waals surface area contributed by atoms with Gasteiger partial charge in [0.15, 0.2) is 0 Å². The van der Waals surface area contributed by atoms with Crippen LogP contribution in [-0.4, -0.2) is 43.0 Å². The molecule has 1 saturated heterocycles. The van der Waals surface area contributed by atoms with Gasteiger partial charge in [0.2, 0.25) is 5.91 Å². The summed E-state index contributed by atoms with van der Waals surface area (Å²) in [6.45, 7) is 8.72. The smallest absolute Gasteiger partial charge is 0.220 e. The first kappa shape index (κ1) is 17.4. The molecule has 3 N–H and O–H groups in total. The number of nitrogens with zero attached hydrogens (tertiary/aromatic N) is 1. The summed E-state index contributed by atoms with van der Waals surface area (Å²) >= 11 is 0. The molecule has 4 heteroatoms. The van der Waals surface area contributed by atoms with Gasteiger partial charge < -0.3 is 16.0 Å². The Morgan fingerprint density at radius 1 is 1.20 bits per heavy atom. The standard InChI is InChI=1S/C16H33N3O/c1-14(2)13-19-11-8-15(9-12-19)18-16(20)7-5-3-4-6-10-17/h14-15H,3-13,17H2,1-2H3,(H,18,20). The van der Waals surface area contributed by atoms with E-state index in [9.17, 15) is 4.79 Å². The summed E-state index contributed by atoms with van der Waals surface area (Å²) in [5.41, 5.74) is 5.45. The summed E-state index contributed by atoms with van der Waals surface area (Å²) in [5.74, 6) is 0.967. The first-order valence-electron chi connectivity index (χ1n) is 8.33. The van der Waals surface area contributed by atoms with E-state index < -0.39 is 0 Å².